The van der Waals surface area contributed by atoms with Gasteiger partial charge in [-0.15, -0.1) is 5.10 Å². The van der Waals surface area contributed by atoms with Crippen LogP contribution in [0.2, 0.25) is 0 Å². The number of benzene rings is 1. The predicted octanol–water partition coefficient (Wildman–Crippen LogP) is 1.19. The fraction of sp³-hybridized carbons (Fsp3) is 0.250. The third-order valence-corrected chi connectivity index (χ3v) is 2.64. The Labute approximate surface area is 105 Å². The summed E-state index contributed by atoms with van der Waals surface area (Å²) in [4.78, 5) is 15.6. The molecule has 0 spiro atoms. The average molecular weight is 245 g/mol. The molecule has 0 aliphatic heterocycles. The topological polar surface area (TPSA) is 96.7 Å². The van der Waals surface area contributed by atoms with Crippen LogP contribution in [0.3, 0.4) is 0 Å². The predicted molar refractivity (Wildman–Crippen MR) is 67.9 cm³/mol. The number of nitrogens with one attached hydrogen (secondary N) is 2. The van der Waals surface area contributed by atoms with E-state index in [4.69, 9.17) is 5.73 Å². The number of aromatic amines is 1. The van der Waals surface area contributed by atoms with Gasteiger partial charge in [0.25, 0.3) is 5.91 Å². The number of hydrogen-bond acceptors (Lipinski definition) is 4. The molecule has 0 bridgehead atoms. The van der Waals surface area contributed by atoms with Crippen molar-refractivity contribution in [3.8, 4) is 0 Å². The van der Waals surface area contributed by atoms with Crippen LogP contribution in [-0.2, 0) is 0 Å². The molecular weight excluding hydrogens is 230 g/mol. The van der Waals surface area contributed by atoms with Gasteiger partial charge in [-0.3, -0.25) is 9.89 Å². The van der Waals surface area contributed by atoms with Crippen LogP contribution < -0.4 is 11.1 Å². The summed E-state index contributed by atoms with van der Waals surface area (Å²) < 4.78 is 0. The number of amides is 1. The van der Waals surface area contributed by atoms with E-state index < -0.39 is 0 Å². The molecule has 0 saturated heterocycles. The van der Waals surface area contributed by atoms with Crippen LogP contribution in [0.5, 0.6) is 0 Å². The van der Waals surface area contributed by atoms with Crippen molar-refractivity contribution in [2.45, 2.75) is 19.9 Å². The van der Waals surface area contributed by atoms with E-state index >= 15 is 0 Å². The first-order valence-electron chi connectivity index (χ1n) is 5.61. The van der Waals surface area contributed by atoms with Crippen molar-refractivity contribution in [2.75, 3.05) is 5.73 Å². The fourth-order valence-corrected chi connectivity index (χ4v) is 1.58. The van der Waals surface area contributed by atoms with Crippen LogP contribution in [0.25, 0.3) is 0 Å². The van der Waals surface area contributed by atoms with Gasteiger partial charge in [-0.05, 0) is 19.4 Å². The number of anilines is 1. The summed E-state index contributed by atoms with van der Waals surface area (Å²) >= 11 is 0. The van der Waals surface area contributed by atoms with E-state index in [1.54, 1.807) is 0 Å². The van der Waals surface area contributed by atoms with Crippen molar-refractivity contribution in [3.05, 3.63) is 41.2 Å². The van der Waals surface area contributed by atoms with E-state index in [2.05, 4.69) is 20.5 Å². The van der Waals surface area contributed by atoms with Crippen LogP contribution in [0.15, 0.2) is 24.3 Å². The molecule has 1 unspecified atom stereocenters. The van der Waals surface area contributed by atoms with Crippen molar-refractivity contribution in [1.29, 1.82) is 0 Å². The zero-order chi connectivity index (χ0) is 13.1. The molecule has 1 amide bonds. The second-order valence-corrected chi connectivity index (χ2v) is 4.15. The highest BCUT2D eigenvalue weighted by Gasteiger charge is 2.14. The van der Waals surface area contributed by atoms with Crippen molar-refractivity contribution in [1.82, 2.24) is 20.5 Å². The van der Waals surface area contributed by atoms with Crippen molar-refractivity contribution >= 4 is 11.9 Å². The van der Waals surface area contributed by atoms with E-state index in [-0.39, 0.29) is 23.7 Å². The maximum absolute atomic E-state index is 11.8. The summed E-state index contributed by atoms with van der Waals surface area (Å²) in [6.07, 6.45) is 0. The zero-order valence-corrected chi connectivity index (χ0v) is 10.3. The number of rotatable bonds is 3. The molecular formula is C12H15N5O. The van der Waals surface area contributed by atoms with Gasteiger partial charge in [0.15, 0.2) is 0 Å². The molecule has 6 heteroatoms. The highest BCUT2D eigenvalue weighted by Crippen LogP contribution is 2.13. The lowest BCUT2D eigenvalue weighted by Crippen LogP contribution is -2.27. The Hall–Kier alpha value is -2.37. The summed E-state index contributed by atoms with van der Waals surface area (Å²) in [5.41, 5.74) is 7.55. The van der Waals surface area contributed by atoms with Crippen molar-refractivity contribution < 1.29 is 4.79 Å². The van der Waals surface area contributed by atoms with E-state index in [1.165, 1.54) is 5.56 Å². The Morgan fingerprint density at radius 1 is 1.39 bits per heavy atom. The van der Waals surface area contributed by atoms with Gasteiger partial charge >= 0.3 is 0 Å². The van der Waals surface area contributed by atoms with Crippen LogP contribution in [-0.4, -0.2) is 21.1 Å². The van der Waals surface area contributed by atoms with E-state index in [9.17, 15) is 4.79 Å². The first-order chi connectivity index (χ1) is 8.56. The molecule has 1 aromatic carbocycles. The first-order valence-corrected chi connectivity index (χ1v) is 5.61. The Bertz CT molecular complexity index is 546. The minimum absolute atomic E-state index is 0.0585. The average Bonchev–Trinajstić information content (AvgIpc) is 2.76. The third-order valence-electron chi connectivity index (χ3n) is 2.64. The number of nitrogens with two attached hydrogens (primary N) is 1. The minimum Gasteiger partial charge on any atom is -0.366 e. The second kappa shape index (κ2) is 4.87. The number of aromatic nitrogens is 3. The molecule has 4 N–H and O–H groups in total. The van der Waals surface area contributed by atoms with Gasteiger partial charge in [-0.2, -0.15) is 4.98 Å². The van der Waals surface area contributed by atoms with Crippen LogP contribution in [0, 0.1) is 6.92 Å². The molecule has 2 rings (SSSR count). The van der Waals surface area contributed by atoms with Crippen molar-refractivity contribution in [2.24, 2.45) is 0 Å². The molecule has 6 nitrogen and oxygen atoms in total. The monoisotopic (exact) mass is 245 g/mol. The number of nitrogens with zero attached hydrogens (tertiary/aromatic N) is 2. The van der Waals surface area contributed by atoms with Gasteiger partial charge in [-0.25, -0.2) is 0 Å². The molecule has 0 aliphatic rings. The number of nitrogen functional groups attached to an aromatic ring is 1. The number of hydrogen-bond donors (Lipinski definition) is 3. The summed E-state index contributed by atoms with van der Waals surface area (Å²) in [7, 11) is 0. The van der Waals surface area contributed by atoms with Crippen LogP contribution in [0.1, 0.15) is 34.7 Å². The second-order valence-electron chi connectivity index (χ2n) is 4.15. The molecule has 94 valence electrons. The van der Waals surface area contributed by atoms with Gasteiger partial charge in [0, 0.05) is 0 Å². The minimum atomic E-state index is -0.327. The van der Waals surface area contributed by atoms with Gasteiger partial charge < -0.3 is 11.1 Å². The highest BCUT2D eigenvalue weighted by molar-refractivity contribution is 5.90. The maximum Gasteiger partial charge on any atom is 0.289 e. The summed E-state index contributed by atoms with van der Waals surface area (Å²) in [5, 5.41) is 8.90. The fourth-order valence-electron chi connectivity index (χ4n) is 1.58. The van der Waals surface area contributed by atoms with E-state index in [0.717, 1.165) is 5.56 Å². The largest absolute Gasteiger partial charge is 0.366 e. The molecule has 0 fully saturated rings. The lowest BCUT2D eigenvalue weighted by molar-refractivity contribution is 0.0930. The maximum atomic E-state index is 11.8. The first kappa shape index (κ1) is 12.1. The Balaban J connectivity index is 2.05. The molecule has 2 aromatic rings. The molecule has 1 heterocycles. The SMILES string of the molecule is Cc1ccc(C(C)NC(=O)c2nc(N)n[nH]2)cc1. The molecule has 18 heavy (non-hydrogen) atoms. The molecule has 0 radical (unpaired) electrons. The summed E-state index contributed by atoms with van der Waals surface area (Å²) in [5.74, 6) is -0.151. The zero-order valence-electron chi connectivity index (χ0n) is 10.3. The number of carbonyl (C=O) groups is 1. The Morgan fingerprint density at radius 3 is 2.61 bits per heavy atom. The Kier molecular flexibility index (Phi) is 3.27. The Morgan fingerprint density at radius 2 is 2.06 bits per heavy atom. The highest BCUT2D eigenvalue weighted by atomic mass is 16.2. The number of H-pyrrole nitrogens is 1. The smallest absolute Gasteiger partial charge is 0.289 e. The van der Waals surface area contributed by atoms with Crippen LogP contribution in [0.4, 0.5) is 5.95 Å². The molecule has 0 saturated carbocycles. The van der Waals surface area contributed by atoms with Crippen molar-refractivity contribution in [3.63, 3.8) is 0 Å². The molecule has 1 atom stereocenters. The van der Waals surface area contributed by atoms with Gasteiger partial charge in [0.05, 0.1) is 6.04 Å². The standard InChI is InChI=1S/C12H15N5O/c1-7-3-5-9(6-4-7)8(2)14-11(18)10-15-12(13)17-16-10/h3-6,8H,1-2H3,(H,14,18)(H3,13,15,16,17). The van der Waals surface area contributed by atoms with Gasteiger partial charge in [0.2, 0.25) is 11.8 Å². The van der Waals surface area contributed by atoms with Gasteiger partial charge in [-0.1, -0.05) is 29.8 Å². The third kappa shape index (κ3) is 2.65. The quantitative estimate of drug-likeness (QED) is 0.756. The summed E-state index contributed by atoms with van der Waals surface area (Å²) in [6.45, 7) is 3.92. The molecule has 1 aromatic heterocycles. The number of carbonyl (C=O) groups excluding carboxylic acids is 1. The van der Waals surface area contributed by atoms with Gasteiger partial charge in [0.1, 0.15) is 0 Å². The van der Waals surface area contributed by atoms with Crippen LogP contribution >= 0.6 is 0 Å². The molecule has 0 aliphatic carbocycles. The van der Waals surface area contributed by atoms with E-state index in [0.29, 0.717) is 0 Å². The van der Waals surface area contributed by atoms with E-state index in [1.807, 2.05) is 38.1 Å². The normalized spacial score (nSPS) is 12.1. The summed E-state index contributed by atoms with van der Waals surface area (Å²) in [6, 6.07) is 7.86. The lowest BCUT2D eigenvalue weighted by atomic mass is 10.1. The lowest BCUT2D eigenvalue weighted by Gasteiger charge is -2.13. The number of aryl methyl sites for hydroxylation is 1.